The van der Waals surface area contributed by atoms with Gasteiger partial charge in [0.25, 0.3) is 0 Å². The van der Waals surface area contributed by atoms with Crippen LogP contribution in [0.4, 0.5) is 5.69 Å². The number of anilines is 1. The van der Waals surface area contributed by atoms with Crippen LogP contribution in [0.2, 0.25) is 0 Å². The minimum atomic E-state index is -1.05. The van der Waals surface area contributed by atoms with Crippen molar-refractivity contribution in [2.45, 2.75) is 18.9 Å². The lowest BCUT2D eigenvalue weighted by atomic mass is 9.87. The highest BCUT2D eigenvalue weighted by Gasteiger charge is 2.43. The number of hydrogen-bond acceptors (Lipinski definition) is 4. The predicted octanol–water partition coefficient (Wildman–Crippen LogP) is 3.71. The van der Waals surface area contributed by atoms with E-state index < -0.39 is 5.54 Å². The van der Waals surface area contributed by atoms with Crippen LogP contribution in [-0.2, 0) is 15.1 Å². The number of halogens is 1. The molecule has 0 aliphatic heterocycles. The van der Waals surface area contributed by atoms with Crippen LogP contribution in [0.15, 0.2) is 53.1 Å². The SMILES string of the molecule is CCC(C(=O)OC)(c1ccc(Br)cc1)n1ncc2c(N)cccc21. The number of aromatic nitrogens is 2. The number of nitrogens with two attached hydrogens (primary N) is 1. The summed E-state index contributed by atoms with van der Waals surface area (Å²) in [6, 6.07) is 13.2. The van der Waals surface area contributed by atoms with E-state index in [1.165, 1.54) is 7.11 Å². The Bertz CT molecular complexity index is 889. The first-order chi connectivity index (χ1) is 11.5. The average molecular weight is 388 g/mol. The third-order valence-corrected chi connectivity index (χ3v) is 4.89. The van der Waals surface area contributed by atoms with Crippen LogP contribution < -0.4 is 5.73 Å². The highest BCUT2D eigenvalue weighted by Crippen LogP contribution is 2.35. The molecule has 3 rings (SSSR count). The Morgan fingerprint density at radius 2 is 2.00 bits per heavy atom. The summed E-state index contributed by atoms with van der Waals surface area (Å²) in [5, 5.41) is 5.31. The van der Waals surface area contributed by atoms with Gasteiger partial charge < -0.3 is 10.5 Å². The molecular formula is C18H18BrN3O2. The highest BCUT2D eigenvalue weighted by molar-refractivity contribution is 9.10. The molecule has 1 aromatic heterocycles. The van der Waals surface area contributed by atoms with Gasteiger partial charge in [-0.25, -0.2) is 9.48 Å². The molecule has 1 atom stereocenters. The summed E-state index contributed by atoms with van der Waals surface area (Å²) in [6.45, 7) is 1.94. The number of methoxy groups -OCH3 is 1. The van der Waals surface area contributed by atoms with Crippen molar-refractivity contribution in [3.8, 4) is 0 Å². The molecule has 0 spiro atoms. The zero-order chi connectivity index (χ0) is 17.3. The van der Waals surface area contributed by atoms with E-state index in [1.807, 2.05) is 49.4 Å². The fourth-order valence-corrected chi connectivity index (χ4v) is 3.36. The van der Waals surface area contributed by atoms with E-state index in [0.29, 0.717) is 12.1 Å². The molecule has 2 N–H and O–H groups in total. The number of hydrogen-bond donors (Lipinski definition) is 1. The Morgan fingerprint density at radius 3 is 2.62 bits per heavy atom. The van der Waals surface area contributed by atoms with Crippen molar-refractivity contribution in [3.05, 3.63) is 58.7 Å². The van der Waals surface area contributed by atoms with Gasteiger partial charge in [-0.1, -0.05) is 41.1 Å². The molecule has 0 saturated heterocycles. The zero-order valence-corrected chi connectivity index (χ0v) is 15.1. The van der Waals surface area contributed by atoms with Crippen molar-refractivity contribution in [2.75, 3.05) is 12.8 Å². The predicted molar refractivity (Wildman–Crippen MR) is 97.7 cm³/mol. The molecule has 2 aromatic carbocycles. The number of nitrogens with zero attached hydrogens (tertiary/aromatic N) is 2. The Labute approximate surface area is 148 Å². The van der Waals surface area contributed by atoms with Gasteiger partial charge >= 0.3 is 5.97 Å². The molecule has 6 heteroatoms. The van der Waals surface area contributed by atoms with Crippen molar-refractivity contribution in [1.29, 1.82) is 0 Å². The van der Waals surface area contributed by atoms with E-state index in [4.69, 9.17) is 10.5 Å². The maximum atomic E-state index is 12.9. The van der Waals surface area contributed by atoms with Crippen LogP contribution in [0.3, 0.4) is 0 Å². The first-order valence-electron chi connectivity index (χ1n) is 7.61. The molecule has 0 amide bonds. The van der Waals surface area contributed by atoms with Crippen LogP contribution >= 0.6 is 15.9 Å². The smallest absolute Gasteiger partial charge is 0.338 e. The maximum Gasteiger partial charge on any atom is 0.338 e. The van der Waals surface area contributed by atoms with E-state index in [-0.39, 0.29) is 5.97 Å². The largest absolute Gasteiger partial charge is 0.467 e. The molecule has 3 aromatic rings. The first kappa shape index (κ1) is 16.5. The number of carbonyl (C=O) groups excluding carboxylic acids is 1. The fourth-order valence-electron chi connectivity index (χ4n) is 3.10. The van der Waals surface area contributed by atoms with E-state index in [1.54, 1.807) is 10.9 Å². The second-order valence-electron chi connectivity index (χ2n) is 5.55. The van der Waals surface area contributed by atoms with Gasteiger partial charge in [-0.15, -0.1) is 0 Å². The Hall–Kier alpha value is -2.34. The first-order valence-corrected chi connectivity index (χ1v) is 8.41. The minimum Gasteiger partial charge on any atom is -0.467 e. The molecule has 24 heavy (non-hydrogen) atoms. The van der Waals surface area contributed by atoms with Gasteiger partial charge in [0.2, 0.25) is 0 Å². The molecule has 0 saturated carbocycles. The molecule has 0 aliphatic rings. The Kier molecular flexibility index (Phi) is 4.32. The number of esters is 1. The summed E-state index contributed by atoms with van der Waals surface area (Å²) in [7, 11) is 1.39. The van der Waals surface area contributed by atoms with Gasteiger partial charge in [0, 0.05) is 15.5 Å². The zero-order valence-electron chi connectivity index (χ0n) is 13.5. The second-order valence-corrected chi connectivity index (χ2v) is 6.46. The van der Waals surface area contributed by atoms with Gasteiger partial charge in [-0.2, -0.15) is 5.10 Å². The average Bonchev–Trinajstić information content (AvgIpc) is 3.03. The number of benzene rings is 2. The number of ether oxygens (including phenoxy) is 1. The number of rotatable bonds is 4. The van der Waals surface area contributed by atoms with Gasteiger partial charge in [-0.3, -0.25) is 0 Å². The molecule has 0 fully saturated rings. The molecule has 0 bridgehead atoms. The van der Waals surface area contributed by atoms with Crippen molar-refractivity contribution < 1.29 is 9.53 Å². The van der Waals surface area contributed by atoms with Gasteiger partial charge in [0.15, 0.2) is 5.54 Å². The minimum absolute atomic E-state index is 0.361. The Balaban J connectivity index is 2.33. The number of fused-ring (bicyclic) bond motifs is 1. The molecular weight excluding hydrogens is 370 g/mol. The van der Waals surface area contributed by atoms with Crippen LogP contribution in [0, 0.1) is 0 Å². The molecule has 1 heterocycles. The molecule has 0 radical (unpaired) electrons. The van der Waals surface area contributed by atoms with Gasteiger partial charge in [-0.05, 0) is 36.2 Å². The van der Waals surface area contributed by atoms with Crippen molar-refractivity contribution >= 4 is 38.5 Å². The monoisotopic (exact) mass is 387 g/mol. The second kappa shape index (κ2) is 6.28. The molecule has 124 valence electrons. The normalized spacial score (nSPS) is 13.6. The lowest BCUT2D eigenvalue weighted by Gasteiger charge is -2.31. The summed E-state index contributed by atoms with van der Waals surface area (Å²) in [5.74, 6) is -0.361. The van der Waals surface area contributed by atoms with E-state index in [0.717, 1.165) is 20.9 Å². The number of nitrogen functional groups attached to an aromatic ring is 1. The summed E-state index contributed by atoms with van der Waals surface area (Å²) in [6.07, 6.45) is 2.18. The lowest BCUT2D eigenvalue weighted by molar-refractivity contribution is -0.149. The van der Waals surface area contributed by atoms with Gasteiger partial charge in [0.1, 0.15) is 0 Å². The third kappa shape index (κ3) is 2.38. The summed E-state index contributed by atoms with van der Waals surface area (Å²) in [4.78, 5) is 12.9. The van der Waals surface area contributed by atoms with Crippen LogP contribution in [0.5, 0.6) is 0 Å². The number of carbonyl (C=O) groups is 1. The standard InChI is InChI=1S/C18H18BrN3O2/c1-3-18(17(23)24-2,12-7-9-13(19)10-8-12)22-16-6-4-5-15(20)14(16)11-21-22/h4-11H,3,20H2,1-2H3. The summed E-state index contributed by atoms with van der Waals surface area (Å²) < 4.78 is 7.81. The van der Waals surface area contributed by atoms with E-state index in [2.05, 4.69) is 21.0 Å². The van der Waals surface area contributed by atoms with Crippen LogP contribution in [0.1, 0.15) is 18.9 Å². The van der Waals surface area contributed by atoms with E-state index in [9.17, 15) is 4.79 Å². The maximum absolute atomic E-state index is 12.9. The van der Waals surface area contributed by atoms with E-state index >= 15 is 0 Å². The van der Waals surface area contributed by atoms with Crippen molar-refractivity contribution in [3.63, 3.8) is 0 Å². The van der Waals surface area contributed by atoms with Crippen molar-refractivity contribution in [2.24, 2.45) is 0 Å². The third-order valence-electron chi connectivity index (χ3n) is 4.37. The molecule has 5 nitrogen and oxygen atoms in total. The van der Waals surface area contributed by atoms with Crippen LogP contribution in [-0.4, -0.2) is 22.9 Å². The van der Waals surface area contributed by atoms with Crippen molar-refractivity contribution in [1.82, 2.24) is 9.78 Å². The lowest BCUT2D eigenvalue weighted by Crippen LogP contribution is -2.44. The topological polar surface area (TPSA) is 70.1 Å². The highest BCUT2D eigenvalue weighted by atomic mass is 79.9. The molecule has 0 aliphatic carbocycles. The molecule has 1 unspecified atom stereocenters. The Morgan fingerprint density at radius 1 is 1.29 bits per heavy atom. The quantitative estimate of drug-likeness (QED) is 0.547. The summed E-state index contributed by atoms with van der Waals surface area (Å²) >= 11 is 3.43. The fraction of sp³-hybridized carbons (Fsp3) is 0.222. The summed E-state index contributed by atoms with van der Waals surface area (Å²) in [5.41, 5.74) is 7.23. The van der Waals surface area contributed by atoms with Crippen LogP contribution in [0.25, 0.3) is 10.9 Å². The van der Waals surface area contributed by atoms with Gasteiger partial charge in [0.05, 0.1) is 18.8 Å².